The molecule has 78 valence electrons. The Morgan fingerprint density at radius 3 is 2.40 bits per heavy atom. The quantitative estimate of drug-likeness (QED) is 0.777. The maximum absolute atomic E-state index is 10.9. The van der Waals surface area contributed by atoms with Gasteiger partial charge in [-0.15, -0.1) is 11.3 Å². The number of hydrogen-bond donors (Lipinski definition) is 0. The second-order valence-electron chi connectivity index (χ2n) is 3.43. The van der Waals surface area contributed by atoms with Crippen molar-refractivity contribution in [3.05, 3.63) is 56.6 Å². The summed E-state index contributed by atoms with van der Waals surface area (Å²) in [6.45, 7) is 3.01. The first-order valence-electron chi connectivity index (χ1n) is 5.01. The number of hydrogen-bond acceptors (Lipinski definition) is 2. The van der Waals surface area contributed by atoms with E-state index in [1.807, 2.05) is 28.3 Å². The van der Waals surface area contributed by atoms with Crippen molar-refractivity contribution in [3.8, 4) is 0 Å². The fraction of sp³-hybridized carbons (Fsp3) is 0.250. The zero-order chi connectivity index (χ0) is 10.7. The van der Waals surface area contributed by atoms with Crippen LogP contribution in [0.3, 0.4) is 0 Å². The first-order valence-corrected chi connectivity index (χ1v) is 5.83. The Bertz CT molecular complexity index is 478. The zero-order valence-corrected chi connectivity index (χ0v) is 9.46. The van der Waals surface area contributed by atoms with Crippen LogP contribution in [0.4, 0.5) is 0 Å². The third-order valence-corrected chi connectivity index (χ3v) is 3.48. The lowest BCUT2D eigenvalue weighted by Crippen LogP contribution is -2.03. The van der Waals surface area contributed by atoms with E-state index in [9.17, 15) is 4.79 Å². The SMILES string of the molecule is CCc1ccc(Cn2ccc(=O)cc2)s1. The Morgan fingerprint density at radius 1 is 1.13 bits per heavy atom. The van der Waals surface area contributed by atoms with Gasteiger partial charge < -0.3 is 4.57 Å². The van der Waals surface area contributed by atoms with Gasteiger partial charge in [0.05, 0.1) is 6.54 Å². The van der Waals surface area contributed by atoms with Crippen LogP contribution in [0.15, 0.2) is 41.5 Å². The lowest BCUT2D eigenvalue weighted by Gasteiger charge is -2.02. The summed E-state index contributed by atoms with van der Waals surface area (Å²) in [6, 6.07) is 7.51. The summed E-state index contributed by atoms with van der Waals surface area (Å²) in [6.07, 6.45) is 4.75. The normalized spacial score (nSPS) is 10.5. The standard InChI is InChI=1S/C12H13NOS/c1-2-11-3-4-12(15-11)9-13-7-5-10(14)6-8-13/h3-8H,2,9H2,1H3. The van der Waals surface area contributed by atoms with Crippen molar-refractivity contribution >= 4 is 11.3 Å². The minimum Gasteiger partial charge on any atom is -0.349 e. The minimum atomic E-state index is 0.0617. The third kappa shape index (κ3) is 2.57. The lowest BCUT2D eigenvalue weighted by molar-refractivity contribution is 0.801. The Balaban J connectivity index is 2.14. The highest BCUT2D eigenvalue weighted by Crippen LogP contribution is 2.17. The number of rotatable bonds is 3. The molecule has 0 saturated carbocycles. The van der Waals surface area contributed by atoms with Gasteiger partial charge in [-0.25, -0.2) is 0 Å². The number of thiophene rings is 1. The van der Waals surface area contributed by atoms with Crippen molar-refractivity contribution in [2.75, 3.05) is 0 Å². The monoisotopic (exact) mass is 219 g/mol. The highest BCUT2D eigenvalue weighted by molar-refractivity contribution is 7.11. The molecule has 0 bridgehead atoms. The molecule has 0 fully saturated rings. The molecular formula is C12H13NOS. The van der Waals surface area contributed by atoms with Crippen molar-refractivity contribution < 1.29 is 0 Å². The molecule has 0 aliphatic heterocycles. The summed E-state index contributed by atoms with van der Waals surface area (Å²) < 4.78 is 2.02. The van der Waals surface area contributed by atoms with Crippen LogP contribution in [0.2, 0.25) is 0 Å². The fourth-order valence-electron chi connectivity index (χ4n) is 1.43. The van der Waals surface area contributed by atoms with Gasteiger partial charge in [-0.2, -0.15) is 0 Å². The van der Waals surface area contributed by atoms with Crippen molar-refractivity contribution in [1.29, 1.82) is 0 Å². The molecule has 0 aromatic carbocycles. The molecule has 15 heavy (non-hydrogen) atoms. The number of aromatic nitrogens is 1. The summed E-state index contributed by atoms with van der Waals surface area (Å²) in [4.78, 5) is 13.7. The number of aryl methyl sites for hydroxylation is 1. The van der Waals surface area contributed by atoms with E-state index < -0.39 is 0 Å². The fourth-order valence-corrected chi connectivity index (χ4v) is 2.39. The molecule has 0 unspecified atom stereocenters. The van der Waals surface area contributed by atoms with Gasteiger partial charge in [0.25, 0.3) is 0 Å². The molecule has 0 spiro atoms. The van der Waals surface area contributed by atoms with Gasteiger partial charge in [0.1, 0.15) is 0 Å². The largest absolute Gasteiger partial charge is 0.349 e. The van der Waals surface area contributed by atoms with Crippen LogP contribution in [-0.2, 0) is 13.0 Å². The van der Waals surface area contributed by atoms with Crippen molar-refractivity contribution in [3.63, 3.8) is 0 Å². The summed E-state index contributed by atoms with van der Waals surface area (Å²) in [5, 5.41) is 0. The molecule has 0 aliphatic rings. The van der Waals surface area contributed by atoms with Gasteiger partial charge >= 0.3 is 0 Å². The summed E-state index contributed by atoms with van der Waals surface area (Å²) in [5.74, 6) is 0. The molecule has 3 heteroatoms. The van der Waals surface area contributed by atoms with Crippen molar-refractivity contribution in [1.82, 2.24) is 4.57 Å². The molecule has 0 saturated heterocycles. The first kappa shape index (κ1) is 10.2. The van der Waals surface area contributed by atoms with E-state index in [-0.39, 0.29) is 5.43 Å². The molecule has 0 amide bonds. The molecular weight excluding hydrogens is 206 g/mol. The smallest absolute Gasteiger partial charge is 0.181 e. The van der Waals surface area contributed by atoms with Crippen molar-refractivity contribution in [2.24, 2.45) is 0 Å². The van der Waals surface area contributed by atoms with Crippen molar-refractivity contribution in [2.45, 2.75) is 19.9 Å². The van der Waals surface area contributed by atoms with Gasteiger partial charge in [0.2, 0.25) is 0 Å². The first-order chi connectivity index (χ1) is 7.28. The molecule has 2 aromatic rings. The van der Waals surface area contributed by atoms with Crippen LogP contribution >= 0.6 is 11.3 Å². The molecule has 2 rings (SSSR count). The van der Waals surface area contributed by atoms with Crippen LogP contribution < -0.4 is 5.43 Å². The van der Waals surface area contributed by atoms with Gasteiger partial charge in [0.15, 0.2) is 5.43 Å². The molecule has 0 atom stereocenters. The van der Waals surface area contributed by atoms with Crippen LogP contribution in [0.25, 0.3) is 0 Å². The second kappa shape index (κ2) is 4.45. The predicted octanol–water partition coefficient (Wildman–Crippen LogP) is 2.52. The average molecular weight is 219 g/mol. The van der Waals surface area contributed by atoms with E-state index in [2.05, 4.69) is 19.1 Å². The van der Waals surface area contributed by atoms with E-state index in [0.29, 0.717) is 0 Å². The van der Waals surface area contributed by atoms with E-state index in [1.54, 1.807) is 12.1 Å². The van der Waals surface area contributed by atoms with Gasteiger partial charge in [-0.05, 0) is 18.6 Å². The Labute approximate surface area is 92.8 Å². The average Bonchev–Trinajstić information content (AvgIpc) is 2.69. The molecule has 2 aromatic heterocycles. The second-order valence-corrected chi connectivity index (χ2v) is 4.68. The van der Waals surface area contributed by atoms with Crippen LogP contribution in [0.5, 0.6) is 0 Å². The van der Waals surface area contributed by atoms with Gasteiger partial charge in [-0.3, -0.25) is 4.79 Å². The number of nitrogens with zero attached hydrogens (tertiary/aromatic N) is 1. The van der Waals surface area contributed by atoms with E-state index >= 15 is 0 Å². The highest BCUT2D eigenvalue weighted by Gasteiger charge is 1.98. The molecule has 0 radical (unpaired) electrons. The zero-order valence-electron chi connectivity index (χ0n) is 8.64. The van der Waals surface area contributed by atoms with Gasteiger partial charge in [0, 0.05) is 34.3 Å². The lowest BCUT2D eigenvalue weighted by atomic mass is 10.3. The summed E-state index contributed by atoms with van der Waals surface area (Å²) in [5.41, 5.74) is 0.0617. The van der Waals surface area contributed by atoms with Gasteiger partial charge in [-0.1, -0.05) is 6.92 Å². The predicted molar refractivity (Wildman–Crippen MR) is 63.5 cm³/mol. The summed E-state index contributed by atoms with van der Waals surface area (Å²) >= 11 is 1.83. The molecule has 2 nitrogen and oxygen atoms in total. The van der Waals surface area contributed by atoms with Crippen LogP contribution in [-0.4, -0.2) is 4.57 Å². The Hall–Kier alpha value is -1.35. The van der Waals surface area contributed by atoms with Crippen LogP contribution in [0.1, 0.15) is 16.7 Å². The Kier molecular flexibility index (Phi) is 3.02. The van der Waals surface area contributed by atoms with E-state index in [0.717, 1.165) is 13.0 Å². The summed E-state index contributed by atoms with van der Waals surface area (Å²) in [7, 11) is 0. The van der Waals surface area contributed by atoms with Crippen LogP contribution in [0, 0.1) is 0 Å². The molecule has 0 N–H and O–H groups in total. The van der Waals surface area contributed by atoms with E-state index in [4.69, 9.17) is 0 Å². The van der Waals surface area contributed by atoms with E-state index in [1.165, 1.54) is 9.75 Å². The topological polar surface area (TPSA) is 22.0 Å². The highest BCUT2D eigenvalue weighted by atomic mass is 32.1. The number of pyridine rings is 1. The minimum absolute atomic E-state index is 0.0617. The maximum atomic E-state index is 10.9. The Morgan fingerprint density at radius 2 is 1.80 bits per heavy atom. The third-order valence-electron chi connectivity index (χ3n) is 2.26. The molecule has 2 heterocycles. The maximum Gasteiger partial charge on any atom is 0.181 e. The molecule has 0 aliphatic carbocycles.